The number of ether oxygens (including phenoxy) is 1. The van der Waals surface area contributed by atoms with E-state index in [1.807, 2.05) is 18.2 Å². The van der Waals surface area contributed by atoms with Crippen LogP contribution >= 0.6 is 15.9 Å². The Kier molecular flexibility index (Phi) is 2.74. The lowest BCUT2D eigenvalue weighted by Crippen LogP contribution is -2.24. The molecule has 2 heterocycles. The fraction of sp³-hybridized carbons (Fsp3) is 0.286. The molecule has 0 bridgehead atoms. The average Bonchev–Trinajstić information content (AvgIpc) is 2.66. The lowest BCUT2D eigenvalue weighted by Gasteiger charge is -2.18. The fourth-order valence-electron chi connectivity index (χ4n) is 2.32. The predicted octanol–water partition coefficient (Wildman–Crippen LogP) is 2.91. The second-order valence-corrected chi connectivity index (χ2v) is 6.10. The van der Waals surface area contributed by atoms with Gasteiger partial charge in [0.15, 0.2) is 0 Å². The van der Waals surface area contributed by atoms with Gasteiger partial charge in [0.2, 0.25) is 0 Å². The molecule has 0 aliphatic carbocycles. The van der Waals surface area contributed by atoms with Gasteiger partial charge in [-0.25, -0.2) is 4.98 Å². The highest BCUT2D eigenvalue weighted by atomic mass is 79.9. The Morgan fingerprint density at radius 3 is 2.95 bits per heavy atom. The van der Waals surface area contributed by atoms with Gasteiger partial charge in [0.25, 0.3) is 5.56 Å². The fourth-order valence-corrected chi connectivity index (χ4v) is 2.52. The molecular weight excluding hydrogens is 308 g/mol. The molecule has 98 valence electrons. The first-order chi connectivity index (χ1) is 8.96. The molecule has 0 amide bonds. The lowest BCUT2D eigenvalue weighted by molar-refractivity contribution is 0.139. The maximum absolute atomic E-state index is 11.7. The maximum Gasteiger partial charge on any atom is 0.265 e. The molecule has 0 saturated carbocycles. The van der Waals surface area contributed by atoms with Crippen LogP contribution in [-0.2, 0) is 6.42 Å². The Morgan fingerprint density at radius 1 is 1.42 bits per heavy atom. The molecule has 0 fully saturated rings. The maximum atomic E-state index is 11.7. The van der Waals surface area contributed by atoms with Crippen LogP contribution in [0.2, 0.25) is 0 Å². The van der Waals surface area contributed by atoms with Crippen LogP contribution < -0.4 is 10.3 Å². The molecule has 3 rings (SSSR count). The van der Waals surface area contributed by atoms with E-state index in [2.05, 4.69) is 39.7 Å². The standard InChI is InChI=1S/C14H13BrN2O2/c1-14(2)6-8-4-3-5-9(11(8)19-14)12-16-7-10(15)13(18)17-12/h3-5,7H,6H2,1-2H3,(H,16,17,18). The van der Waals surface area contributed by atoms with Crippen molar-refractivity contribution in [2.24, 2.45) is 0 Å². The predicted molar refractivity (Wildman–Crippen MR) is 76.4 cm³/mol. The highest BCUT2D eigenvalue weighted by molar-refractivity contribution is 9.10. The van der Waals surface area contributed by atoms with E-state index in [1.165, 1.54) is 6.20 Å². The van der Waals surface area contributed by atoms with Crippen LogP contribution in [-0.4, -0.2) is 15.6 Å². The number of para-hydroxylation sites is 1. The van der Waals surface area contributed by atoms with Crippen LogP contribution in [0.3, 0.4) is 0 Å². The minimum atomic E-state index is -0.214. The van der Waals surface area contributed by atoms with E-state index < -0.39 is 0 Å². The largest absolute Gasteiger partial charge is 0.486 e. The molecule has 1 aliphatic heterocycles. The zero-order valence-corrected chi connectivity index (χ0v) is 12.2. The van der Waals surface area contributed by atoms with Crippen molar-refractivity contribution < 1.29 is 4.74 Å². The van der Waals surface area contributed by atoms with Crippen molar-refractivity contribution in [2.45, 2.75) is 25.9 Å². The number of rotatable bonds is 1. The molecule has 0 atom stereocenters. The molecule has 0 radical (unpaired) electrons. The topological polar surface area (TPSA) is 55.0 Å². The minimum absolute atomic E-state index is 0.195. The van der Waals surface area contributed by atoms with Crippen LogP contribution in [0.5, 0.6) is 5.75 Å². The molecule has 1 N–H and O–H groups in total. The summed E-state index contributed by atoms with van der Waals surface area (Å²) in [5.41, 5.74) is 1.56. The number of fused-ring (bicyclic) bond motifs is 1. The number of nitrogens with one attached hydrogen (secondary N) is 1. The molecule has 0 saturated heterocycles. The van der Waals surface area contributed by atoms with Crippen molar-refractivity contribution in [3.8, 4) is 17.1 Å². The summed E-state index contributed by atoms with van der Waals surface area (Å²) in [6, 6.07) is 5.91. The molecule has 2 aromatic rings. The number of aromatic nitrogens is 2. The average molecular weight is 321 g/mol. The molecule has 5 heteroatoms. The Morgan fingerprint density at radius 2 is 2.21 bits per heavy atom. The van der Waals surface area contributed by atoms with Gasteiger partial charge in [0.1, 0.15) is 21.6 Å². The SMILES string of the molecule is CC1(C)Cc2cccc(-c3ncc(Br)c(=O)[nH]3)c2O1. The van der Waals surface area contributed by atoms with E-state index in [1.54, 1.807) is 0 Å². The third kappa shape index (κ3) is 2.18. The summed E-state index contributed by atoms with van der Waals surface area (Å²) in [6.07, 6.45) is 2.37. The normalized spacial score (nSPS) is 15.9. The monoisotopic (exact) mass is 320 g/mol. The van der Waals surface area contributed by atoms with Gasteiger partial charge in [-0.2, -0.15) is 0 Å². The van der Waals surface area contributed by atoms with E-state index in [0.717, 1.165) is 23.3 Å². The van der Waals surface area contributed by atoms with Crippen molar-refractivity contribution in [1.82, 2.24) is 9.97 Å². The minimum Gasteiger partial charge on any atom is -0.486 e. The summed E-state index contributed by atoms with van der Waals surface area (Å²) in [7, 11) is 0. The number of halogens is 1. The molecule has 1 aromatic heterocycles. The lowest BCUT2D eigenvalue weighted by atomic mass is 10.0. The quantitative estimate of drug-likeness (QED) is 0.879. The first-order valence-electron chi connectivity index (χ1n) is 6.02. The van der Waals surface area contributed by atoms with Crippen molar-refractivity contribution in [1.29, 1.82) is 0 Å². The highest BCUT2D eigenvalue weighted by Gasteiger charge is 2.32. The highest BCUT2D eigenvalue weighted by Crippen LogP contribution is 2.40. The van der Waals surface area contributed by atoms with E-state index in [9.17, 15) is 4.79 Å². The molecular formula is C14H13BrN2O2. The first kappa shape index (κ1) is 12.4. The summed E-state index contributed by atoms with van der Waals surface area (Å²) in [4.78, 5) is 18.7. The van der Waals surface area contributed by atoms with Gasteiger partial charge in [-0.15, -0.1) is 0 Å². The van der Waals surface area contributed by atoms with Gasteiger partial charge >= 0.3 is 0 Å². The third-order valence-electron chi connectivity index (χ3n) is 3.10. The number of H-pyrrole nitrogens is 1. The van der Waals surface area contributed by atoms with Crippen LogP contribution in [0, 0.1) is 0 Å². The Hall–Kier alpha value is -1.62. The van der Waals surface area contributed by atoms with E-state index in [0.29, 0.717) is 10.3 Å². The summed E-state index contributed by atoms with van der Waals surface area (Å²) in [6.45, 7) is 4.10. The third-order valence-corrected chi connectivity index (χ3v) is 3.67. The van der Waals surface area contributed by atoms with Gasteiger partial charge in [-0.3, -0.25) is 4.79 Å². The molecule has 1 aromatic carbocycles. The van der Waals surface area contributed by atoms with Gasteiger partial charge in [-0.05, 0) is 41.4 Å². The van der Waals surface area contributed by atoms with Crippen molar-refractivity contribution in [3.63, 3.8) is 0 Å². The smallest absolute Gasteiger partial charge is 0.265 e. The molecule has 4 nitrogen and oxygen atoms in total. The van der Waals surface area contributed by atoms with Gasteiger partial charge in [-0.1, -0.05) is 12.1 Å². The van der Waals surface area contributed by atoms with Crippen LogP contribution in [0.4, 0.5) is 0 Å². The van der Waals surface area contributed by atoms with Crippen LogP contribution in [0.15, 0.2) is 33.7 Å². The Balaban J connectivity index is 2.15. The van der Waals surface area contributed by atoms with E-state index >= 15 is 0 Å². The second-order valence-electron chi connectivity index (χ2n) is 5.24. The Labute approximate surface area is 119 Å². The first-order valence-corrected chi connectivity index (χ1v) is 6.82. The zero-order chi connectivity index (χ0) is 13.6. The summed E-state index contributed by atoms with van der Waals surface area (Å²) < 4.78 is 6.40. The van der Waals surface area contributed by atoms with E-state index in [-0.39, 0.29) is 11.2 Å². The van der Waals surface area contributed by atoms with Crippen molar-refractivity contribution >= 4 is 15.9 Å². The zero-order valence-electron chi connectivity index (χ0n) is 10.7. The van der Waals surface area contributed by atoms with Crippen LogP contribution in [0.25, 0.3) is 11.4 Å². The molecule has 19 heavy (non-hydrogen) atoms. The number of hydrogen-bond donors (Lipinski definition) is 1. The van der Waals surface area contributed by atoms with E-state index in [4.69, 9.17) is 4.74 Å². The number of hydrogen-bond acceptors (Lipinski definition) is 3. The molecule has 0 spiro atoms. The summed E-state index contributed by atoms with van der Waals surface area (Å²) >= 11 is 3.14. The van der Waals surface area contributed by atoms with Crippen molar-refractivity contribution in [2.75, 3.05) is 0 Å². The summed E-state index contributed by atoms with van der Waals surface area (Å²) in [5, 5.41) is 0. The van der Waals surface area contributed by atoms with Crippen LogP contribution in [0.1, 0.15) is 19.4 Å². The summed E-state index contributed by atoms with van der Waals surface area (Å²) in [5.74, 6) is 1.35. The molecule has 1 aliphatic rings. The number of aromatic amines is 1. The van der Waals surface area contributed by atoms with Gasteiger partial charge in [0.05, 0.1) is 5.56 Å². The molecule has 0 unspecified atom stereocenters. The second kappa shape index (κ2) is 4.20. The van der Waals surface area contributed by atoms with Gasteiger partial charge < -0.3 is 9.72 Å². The number of nitrogens with zero attached hydrogens (tertiary/aromatic N) is 1. The van der Waals surface area contributed by atoms with Crippen molar-refractivity contribution in [3.05, 3.63) is 44.8 Å². The number of benzene rings is 1. The Bertz CT molecular complexity index is 707. The van der Waals surface area contributed by atoms with Gasteiger partial charge in [0, 0.05) is 12.6 Å².